The standard InChI is InChI=1S/C31H40N2O4/c1-31(2,3)33(30(35)36)26-20-24(29(34)37-6)15-16-25(26)27(22-12-8-7-9-13-22)28(33)23-14-10-11-21(19-23)17-18-32(4)5/h10-11,14-16,19-20,22H,7-9,12-13,17-18H2,1-6H3/p+1. The molecule has 4 rings (SSSR count). The minimum absolute atomic E-state index is 0.276. The fraction of sp³-hybridized carbons (Fsp3) is 0.484. The average molecular weight is 506 g/mol. The molecule has 1 fully saturated rings. The first kappa shape index (κ1) is 27.1. The maximum Gasteiger partial charge on any atom is 0.524 e. The van der Waals surface area contributed by atoms with E-state index < -0.39 is 17.6 Å². The fourth-order valence-corrected chi connectivity index (χ4v) is 6.27. The summed E-state index contributed by atoms with van der Waals surface area (Å²) in [6.45, 7) is 6.86. The molecule has 6 nitrogen and oxygen atoms in total. The molecule has 2 aromatic rings. The number of carbonyl (C=O) groups is 2. The zero-order valence-corrected chi connectivity index (χ0v) is 23.1. The Morgan fingerprint density at radius 3 is 2.35 bits per heavy atom. The Morgan fingerprint density at radius 1 is 1.05 bits per heavy atom. The number of hydrogen-bond donors (Lipinski definition) is 1. The zero-order valence-electron chi connectivity index (χ0n) is 23.1. The number of benzene rings is 2. The summed E-state index contributed by atoms with van der Waals surface area (Å²) in [5, 5.41) is 11.1. The van der Waals surface area contributed by atoms with Crippen molar-refractivity contribution in [2.75, 3.05) is 27.7 Å². The first-order valence-corrected chi connectivity index (χ1v) is 13.4. The average Bonchev–Trinajstić information content (AvgIpc) is 3.19. The summed E-state index contributed by atoms with van der Waals surface area (Å²) in [5.74, 6) is -0.183. The van der Waals surface area contributed by atoms with E-state index in [0.29, 0.717) is 11.3 Å². The lowest BCUT2D eigenvalue weighted by molar-refractivity contribution is 0.0600. The Kier molecular flexibility index (Phi) is 7.63. The van der Waals surface area contributed by atoms with Gasteiger partial charge in [-0.15, -0.1) is 0 Å². The molecule has 2 aliphatic rings. The Labute approximate surface area is 221 Å². The van der Waals surface area contributed by atoms with Crippen molar-refractivity contribution in [1.29, 1.82) is 0 Å². The van der Waals surface area contributed by atoms with Crippen LogP contribution >= 0.6 is 0 Å². The normalized spacial score (nSPS) is 20.3. The van der Waals surface area contributed by atoms with E-state index in [0.717, 1.165) is 61.0 Å². The molecule has 0 saturated heterocycles. The van der Waals surface area contributed by atoms with Crippen molar-refractivity contribution in [2.24, 2.45) is 5.92 Å². The lowest BCUT2D eigenvalue weighted by atomic mass is 9.79. The van der Waals surface area contributed by atoms with Crippen molar-refractivity contribution in [3.05, 3.63) is 64.7 Å². The Morgan fingerprint density at radius 2 is 1.76 bits per heavy atom. The summed E-state index contributed by atoms with van der Waals surface area (Å²) >= 11 is 0. The van der Waals surface area contributed by atoms with Crippen LogP contribution in [0.2, 0.25) is 0 Å². The number of likely N-dealkylation sites (N-methyl/N-ethyl adjacent to an activating group) is 1. The molecular formula is C31H41N2O4+. The molecule has 1 atom stereocenters. The van der Waals surface area contributed by atoms with Crippen LogP contribution in [0.25, 0.3) is 11.3 Å². The number of allylic oxidation sites excluding steroid dienone is 1. The molecule has 0 aromatic heterocycles. The second-order valence-corrected chi connectivity index (χ2v) is 11.7. The molecule has 1 amide bonds. The summed E-state index contributed by atoms with van der Waals surface area (Å²) in [6.07, 6.45) is 5.53. The van der Waals surface area contributed by atoms with Crippen LogP contribution in [0.5, 0.6) is 0 Å². The highest BCUT2D eigenvalue weighted by Gasteiger charge is 2.60. The van der Waals surface area contributed by atoms with Crippen molar-refractivity contribution in [1.82, 2.24) is 9.38 Å². The Bertz CT molecular complexity index is 1220. The van der Waals surface area contributed by atoms with Gasteiger partial charge in [-0.3, -0.25) is 0 Å². The van der Waals surface area contributed by atoms with E-state index in [9.17, 15) is 14.7 Å². The van der Waals surface area contributed by atoms with Gasteiger partial charge in [0.25, 0.3) is 0 Å². The largest absolute Gasteiger partial charge is 0.524 e. The third kappa shape index (κ3) is 4.73. The van der Waals surface area contributed by atoms with Gasteiger partial charge in [-0.1, -0.05) is 31.4 Å². The lowest BCUT2D eigenvalue weighted by Gasteiger charge is -2.42. The van der Waals surface area contributed by atoms with Gasteiger partial charge < -0.3 is 14.7 Å². The zero-order chi connectivity index (χ0) is 27.0. The minimum Gasteiger partial charge on any atom is -0.465 e. The molecule has 198 valence electrons. The minimum atomic E-state index is -0.935. The van der Waals surface area contributed by atoms with Crippen LogP contribution in [0.4, 0.5) is 10.5 Å². The molecule has 0 spiro atoms. The number of fused-ring (bicyclic) bond motifs is 1. The molecule has 1 heterocycles. The second kappa shape index (κ2) is 10.4. The van der Waals surface area contributed by atoms with Crippen molar-refractivity contribution in [3.8, 4) is 0 Å². The van der Waals surface area contributed by atoms with E-state index in [1.165, 1.54) is 19.1 Å². The first-order chi connectivity index (χ1) is 17.5. The molecule has 0 bridgehead atoms. The molecule has 6 heteroatoms. The topological polar surface area (TPSA) is 66.8 Å². The number of esters is 1. The lowest BCUT2D eigenvalue weighted by Crippen LogP contribution is -2.62. The summed E-state index contributed by atoms with van der Waals surface area (Å²) in [7, 11) is 5.48. The predicted octanol–water partition coefficient (Wildman–Crippen LogP) is 6.82. The highest BCUT2D eigenvalue weighted by atomic mass is 16.5. The van der Waals surface area contributed by atoms with Gasteiger partial charge in [-0.25, -0.2) is 4.79 Å². The number of ether oxygens (including phenoxy) is 1. The van der Waals surface area contributed by atoms with E-state index in [1.807, 2.05) is 32.9 Å². The fourth-order valence-electron chi connectivity index (χ4n) is 6.27. The molecule has 37 heavy (non-hydrogen) atoms. The third-order valence-corrected chi connectivity index (χ3v) is 8.02. The van der Waals surface area contributed by atoms with Gasteiger partial charge in [0.1, 0.15) is 5.54 Å². The molecular weight excluding hydrogens is 464 g/mol. The van der Waals surface area contributed by atoms with Gasteiger partial charge >= 0.3 is 12.1 Å². The quantitative estimate of drug-likeness (QED) is 0.345. The van der Waals surface area contributed by atoms with Gasteiger partial charge in [0.2, 0.25) is 0 Å². The van der Waals surface area contributed by atoms with Crippen molar-refractivity contribution in [2.45, 2.75) is 64.8 Å². The second-order valence-electron chi connectivity index (χ2n) is 11.7. The number of quaternary nitrogens is 1. The monoisotopic (exact) mass is 505 g/mol. The van der Waals surface area contributed by atoms with Gasteiger partial charge in [0.15, 0.2) is 11.4 Å². The summed E-state index contributed by atoms with van der Waals surface area (Å²) in [6, 6.07) is 13.9. The van der Waals surface area contributed by atoms with Gasteiger partial charge in [0, 0.05) is 29.3 Å². The number of carboxylic acid groups (broad SMARTS) is 1. The summed E-state index contributed by atoms with van der Waals surface area (Å²) < 4.78 is 4.66. The summed E-state index contributed by atoms with van der Waals surface area (Å²) in [4.78, 5) is 28.3. The van der Waals surface area contributed by atoms with Crippen molar-refractivity contribution >= 4 is 29.0 Å². The van der Waals surface area contributed by atoms with Crippen LogP contribution in [0.1, 0.15) is 79.9 Å². The van der Waals surface area contributed by atoms with E-state index >= 15 is 0 Å². The van der Waals surface area contributed by atoms with Crippen molar-refractivity contribution in [3.63, 3.8) is 0 Å². The Balaban J connectivity index is 2.06. The van der Waals surface area contributed by atoms with Crippen LogP contribution in [0, 0.1) is 5.92 Å². The van der Waals surface area contributed by atoms with E-state index in [1.54, 1.807) is 12.1 Å². The molecule has 0 radical (unpaired) electrons. The van der Waals surface area contributed by atoms with E-state index in [-0.39, 0.29) is 10.4 Å². The van der Waals surface area contributed by atoms with Crippen LogP contribution < -0.4 is 4.48 Å². The molecule has 1 aliphatic heterocycles. The molecule has 1 saturated carbocycles. The van der Waals surface area contributed by atoms with E-state index in [4.69, 9.17) is 4.74 Å². The molecule has 1 unspecified atom stereocenters. The number of nitrogens with zero attached hydrogens (tertiary/aromatic N) is 2. The first-order valence-electron chi connectivity index (χ1n) is 13.4. The third-order valence-electron chi connectivity index (χ3n) is 8.02. The number of hydrogen-bond acceptors (Lipinski definition) is 4. The highest BCUT2D eigenvalue weighted by molar-refractivity contribution is 6.14. The highest BCUT2D eigenvalue weighted by Crippen LogP contribution is 2.58. The summed E-state index contributed by atoms with van der Waals surface area (Å²) in [5.41, 5.74) is 5.36. The van der Waals surface area contributed by atoms with Crippen molar-refractivity contribution < 1.29 is 19.4 Å². The Hall–Kier alpha value is -2.96. The van der Waals surface area contributed by atoms with Gasteiger partial charge in [0.05, 0.1) is 12.7 Å². The van der Waals surface area contributed by atoms with Crippen LogP contribution in [0.3, 0.4) is 0 Å². The van der Waals surface area contributed by atoms with E-state index in [2.05, 4.69) is 37.2 Å². The number of methoxy groups -OCH3 is 1. The smallest absolute Gasteiger partial charge is 0.465 e. The molecule has 1 N–H and O–H groups in total. The van der Waals surface area contributed by atoms with Crippen LogP contribution in [-0.2, 0) is 11.2 Å². The van der Waals surface area contributed by atoms with Gasteiger partial charge in [-0.05, 0) is 89.9 Å². The SMILES string of the molecule is COC(=O)c1ccc2c(c1)[N+](C(=O)O)(C(C)(C)C)C(c1cccc(CCN(C)C)c1)=C2C1CCCCC1. The maximum absolute atomic E-state index is 13.6. The maximum atomic E-state index is 13.6. The molecule has 1 aliphatic carbocycles. The number of rotatable bonds is 6. The van der Waals surface area contributed by atoms with Gasteiger partial charge in [-0.2, -0.15) is 9.28 Å². The number of amides is 1. The number of carbonyl (C=O) groups excluding carboxylic acids is 1. The van der Waals surface area contributed by atoms with Crippen LogP contribution in [0.15, 0.2) is 42.5 Å². The predicted molar refractivity (Wildman–Crippen MR) is 149 cm³/mol. The van der Waals surface area contributed by atoms with Crippen LogP contribution in [-0.4, -0.2) is 55.4 Å². The molecule has 2 aromatic carbocycles.